The molecular weight excluding hydrogens is 294 g/mol. The fourth-order valence-corrected chi connectivity index (χ4v) is 2.04. The molecule has 8 heteroatoms. The SMILES string of the molecule is COc1cc(/N=N/c2ccc(S(=O)(=O)O)cc2)ccc1N. The molecule has 2 aromatic rings. The maximum Gasteiger partial charge on any atom is 0.294 e. The van der Waals surface area contributed by atoms with E-state index >= 15 is 0 Å². The molecule has 0 aliphatic carbocycles. The summed E-state index contributed by atoms with van der Waals surface area (Å²) in [4.78, 5) is -0.199. The predicted octanol–water partition coefficient (Wildman–Crippen LogP) is 2.94. The highest BCUT2D eigenvalue weighted by Gasteiger charge is 2.08. The maximum absolute atomic E-state index is 10.9. The van der Waals surface area contributed by atoms with E-state index in [1.807, 2.05) is 0 Å². The van der Waals surface area contributed by atoms with Crippen molar-refractivity contribution in [1.82, 2.24) is 0 Å². The van der Waals surface area contributed by atoms with Crippen molar-refractivity contribution in [2.45, 2.75) is 4.90 Å². The Morgan fingerprint density at radius 2 is 1.62 bits per heavy atom. The molecule has 2 rings (SSSR count). The molecule has 2 aromatic carbocycles. The summed E-state index contributed by atoms with van der Waals surface area (Å²) in [6.45, 7) is 0. The lowest BCUT2D eigenvalue weighted by Crippen LogP contribution is -1.96. The minimum atomic E-state index is -4.20. The first-order valence-electron chi connectivity index (χ1n) is 5.83. The zero-order chi connectivity index (χ0) is 15.5. The third-order valence-electron chi connectivity index (χ3n) is 2.63. The van der Waals surface area contributed by atoms with Crippen molar-refractivity contribution >= 4 is 27.2 Å². The molecule has 0 saturated carbocycles. The van der Waals surface area contributed by atoms with E-state index in [0.717, 1.165) is 0 Å². The normalized spacial score (nSPS) is 11.7. The third-order valence-corrected chi connectivity index (χ3v) is 3.50. The van der Waals surface area contributed by atoms with Gasteiger partial charge in [-0.2, -0.15) is 18.6 Å². The van der Waals surface area contributed by atoms with Crippen LogP contribution in [0.15, 0.2) is 57.6 Å². The van der Waals surface area contributed by atoms with E-state index in [1.165, 1.54) is 31.4 Å². The Kier molecular flexibility index (Phi) is 4.20. The second kappa shape index (κ2) is 5.90. The number of nitrogens with two attached hydrogens (primary N) is 1. The van der Waals surface area contributed by atoms with Crippen LogP contribution in [0.3, 0.4) is 0 Å². The summed E-state index contributed by atoms with van der Waals surface area (Å²) in [5, 5.41) is 7.95. The molecule has 0 spiro atoms. The summed E-state index contributed by atoms with van der Waals surface area (Å²) >= 11 is 0. The molecule has 21 heavy (non-hydrogen) atoms. The molecule has 0 heterocycles. The zero-order valence-corrected chi connectivity index (χ0v) is 11.9. The van der Waals surface area contributed by atoms with Crippen LogP contribution in [0.4, 0.5) is 17.1 Å². The van der Waals surface area contributed by atoms with E-state index in [1.54, 1.807) is 18.2 Å². The largest absolute Gasteiger partial charge is 0.495 e. The zero-order valence-electron chi connectivity index (χ0n) is 11.1. The van der Waals surface area contributed by atoms with Gasteiger partial charge in [0.15, 0.2) is 0 Å². The van der Waals surface area contributed by atoms with Gasteiger partial charge in [0, 0.05) is 6.07 Å². The van der Waals surface area contributed by atoms with Crippen LogP contribution in [0.2, 0.25) is 0 Å². The fourth-order valence-electron chi connectivity index (χ4n) is 1.56. The number of rotatable bonds is 4. The number of hydrogen-bond acceptors (Lipinski definition) is 6. The second-order valence-corrected chi connectivity index (χ2v) is 5.52. The van der Waals surface area contributed by atoms with Crippen LogP contribution in [0.5, 0.6) is 5.75 Å². The van der Waals surface area contributed by atoms with Crippen molar-refractivity contribution in [3.05, 3.63) is 42.5 Å². The number of hydrogen-bond donors (Lipinski definition) is 2. The van der Waals surface area contributed by atoms with Gasteiger partial charge >= 0.3 is 0 Å². The molecule has 0 aliphatic rings. The quantitative estimate of drug-likeness (QED) is 0.512. The first kappa shape index (κ1) is 14.9. The van der Waals surface area contributed by atoms with Gasteiger partial charge in [0.1, 0.15) is 5.75 Å². The highest BCUT2D eigenvalue weighted by atomic mass is 32.2. The van der Waals surface area contributed by atoms with Crippen molar-refractivity contribution in [2.24, 2.45) is 10.2 Å². The van der Waals surface area contributed by atoms with E-state index in [2.05, 4.69) is 10.2 Å². The van der Waals surface area contributed by atoms with Gasteiger partial charge in [0.25, 0.3) is 10.1 Å². The van der Waals surface area contributed by atoms with Gasteiger partial charge < -0.3 is 10.5 Å². The minimum Gasteiger partial charge on any atom is -0.495 e. The van der Waals surface area contributed by atoms with Crippen molar-refractivity contribution < 1.29 is 17.7 Å². The van der Waals surface area contributed by atoms with Crippen LogP contribution in [0, 0.1) is 0 Å². The monoisotopic (exact) mass is 307 g/mol. The summed E-state index contributed by atoms with van der Waals surface area (Å²) in [7, 11) is -2.70. The molecule has 0 aliphatic heterocycles. The molecule has 0 atom stereocenters. The Balaban J connectivity index is 2.21. The standard InChI is InChI=1S/C13H13N3O4S/c1-20-13-8-10(4-7-12(13)14)16-15-9-2-5-11(6-3-9)21(17,18)19/h2-8H,14H2,1H3,(H,17,18,19)/b16-15+. The van der Waals surface area contributed by atoms with Crippen molar-refractivity contribution in [2.75, 3.05) is 12.8 Å². The average Bonchev–Trinajstić information content (AvgIpc) is 2.46. The Hall–Kier alpha value is -2.45. The van der Waals surface area contributed by atoms with E-state index in [9.17, 15) is 8.42 Å². The molecular formula is C13H13N3O4S. The Bertz CT molecular complexity index is 771. The molecule has 3 N–H and O–H groups in total. The number of ether oxygens (including phenoxy) is 1. The Labute approximate surface area is 121 Å². The number of anilines is 1. The van der Waals surface area contributed by atoms with Gasteiger partial charge in [0.2, 0.25) is 0 Å². The van der Waals surface area contributed by atoms with E-state index in [0.29, 0.717) is 22.8 Å². The highest BCUT2D eigenvalue weighted by Crippen LogP contribution is 2.28. The molecule has 0 aromatic heterocycles. The first-order valence-corrected chi connectivity index (χ1v) is 7.27. The molecule has 0 saturated heterocycles. The van der Waals surface area contributed by atoms with Gasteiger partial charge in [-0.05, 0) is 36.4 Å². The summed E-state index contributed by atoms with van der Waals surface area (Å²) in [6.07, 6.45) is 0. The second-order valence-electron chi connectivity index (χ2n) is 4.10. The number of azo groups is 1. The van der Waals surface area contributed by atoms with Crippen LogP contribution in [-0.2, 0) is 10.1 Å². The van der Waals surface area contributed by atoms with Gasteiger partial charge in [-0.3, -0.25) is 4.55 Å². The van der Waals surface area contributed by atoms with E-state index < -0.39 is 10.1 Å². The van der Waals surface area contributed by atoms with E-state index in [-0.39, 0.29) is 4.90 Å². The number of benzene rings is 2. The molecule has 110 valence electrons. The Morgan fingerprint density at radius 3 is 2.19 bits per heavy atom. The fraction of sp³-hybridized carbons (Fsp3) is 0.0769. The number of nitrogen functional groups attached to an aromatic ring is 1. The van der Waals surface area contributed by atoms with Crippen molar-refractivity contribution in [3.63, 3.8) is 0 Å². The smallest absolute Gasteiger partial charge is 0.294 e. The number of methoxy groups -OCH3 is 1. The van der Waals surface area contributed by atoms with Crippen LogP contribution in [-0.4, -0.2) is 20.1 Å². The Morgan fingerprint density at radius 1 is 1.05 bits per heavy atom. The lowest BCUT2D eigenvalue weighted by Gasteiger charge is -2.03. The lowest BCUT2D eigenvalue weighted by molar-refractivity contribution is 0.417. The lowest BCUT2D eigenvalue weighted by atomic mass is 10.2. The molecule has 7 nitrogen and oxygen atoms in total. The summed E-state index contributed by atoms with van der Waals surface area (Å²) < 4.78 is 35.7. The highest BCUT2D eigenvalue weighted by molar-refractivity contribution is 7.85. The molecule has 0 bridgehead atoms. The minimum absolute atomic E-state index is 0.199. The summed E-state index contributed by atoms with van der Waals surface area (Å²) in [6, 6.07) is 10.3. The maximum atomic E-state index is 10.9. The molecule has 0 unspecified atom stereocenters. The summed E-state index contributed by atoms with van der Waals surface area (Å²) in [5.41, 5.74) is 7.17. The third kappa shape index (κ3) is 3.77. The van der Waals surface area contributed by atoms with Gasteiger partial charge in [-0.1, -0.05) is 0 Å². The number of nitrogens with zero attached hydrogens (tertiary/aromatic N) is 2. The van der Waals surface area contributed by atoms with Crippen molar-refractivity contribution in [3.8, 4) is 5.75 Å². The van der Waals surface area contributed by atoms with Crippen LogP contribution in [0.1, 0.15) is 0 Å². The summed E-state index contributed by atoms with van der Waals surface area (Å²) in [5.74, 6) is 0.494. The molecule has 0 amide bonds. The van der Waals surface area contributed by atoms with Crippen LogP contribution >= 0.6 is 0 Å². The topological polar surface area (TPSA) is 114 Å². The van der Waals surface area contributed by atoms with Gasteiger partial charge in [-0.25, -0.2) is 0 Å². The predicted molar refractivity (Wildman–Crippen MR) is 77.8 cm³/mol. The van der Waals surface area contributed by atoms with Gasteiger partial charge in [0.05, 0.1) is 29.1 Å². The van der Waals surface area contributed by atoms with E-state index in [4.69, 9.17) is 15.0 Å². The first-order chi connectivity index (χ1) is 9.90. The van der Waals surface area contributed by atoms with Crippen molar-refractivity contribution in [1.29, 1.82) is 0 Å². The van der Waals surface area contributed by atoms with Crippen LogP contribution in [0.25, 0.3) is 0 Å². The van der Waals surface area contributed by atoms with Crippen LogP contribution < -0.4 is 10.5 Å². The average molecular weight is 307 g/mol. The molecule has 0 fully saturated rings. The van der Waals surface area contributed by atoms with Gasteiger partial charge in [-0.15, -0.1) is 0 Å². The molecule has 0 radical (unpaired) electrons.